The number of halogens is 4. The molecule has 2 aromatic heterocycles. The van der Waals surface area contributed by atoms with Crippen molar-refractivity contribution in [1.82, 2.24) is 20.3 Å². The first-order valence-electron chi connectivity index (χ1n) is 7.46. The van der Waals surface area contributed by atoms with Gasteiger partial charge in [-0.1, -0.05) is 0 Å². The van der Waals surface area contributed by atoms with Crippen molar-refractivity contribution in [1.29, 1.82) is 0 Å². The third kappa shape index (κ3) is 5.36. The Morgan fingerprint density at radius 1 is 1.12 bits per heavy atom. The number of amides is 1. The van der Waals surface area contributed by atoms with E-state index in [1.54, 1.807) is 20.8 Å². The number of hydrogen-bond donors (Lipinski definition) is 1. The van der Waals surface area contributed by atoms with Gasteiger partial charge in [0.25, 0.3) is 0 Å². The van der Waals surface area contributed by atoms with Crippen molar-refractivity contribution in [3.05, 3.63) is 42.0 Å². The van der Waals surface area contributed by atoms with E-state index in [2.05, 4.69) is 20.3 Å². The Bertz CT molecular complexity index is 786. The summed E-state index contributed by atoms with van der Waals surface area (Å²) in [6, 6.07) is 1.29. The molecule has 0 fully saturated rings. The highest BCUT2D eigenvalue weighted by molar-refractivity contribution is 5.68. The maximum absolute atomic E-state index is 14.0. The van der Waals surface area contributed by atoms with Crippen molar-refractivity contribution in [3.63, 3.8) is 0 Å². The number of rotatable bonds is 3. The van der Waals surface area contributed by atoms with Gasteiger partial charge in [0.05, 0.1) is 18.4 Å². The van der Waals surface area contributed by atoms with Crippen LogP contribution in [-0.4, -0.2) is 26.6 Å². The number of nitrogens with zero attached hydrogens (tertiary/aromatic N) is 3. The maximum atomic E-state index is 14.0. The lowest BCUT2D eigenvalue weighted by Crippen LogP contribution is -2.32. The summed E-state index contributed by atoms with van der Waals surface area (Å²) in [4.78, 5) is 21.8. The van der Waals surface area contributed by atoms with Crippen LogP contribution in [0.1, 0.15) is 32.3 Å². The molecule has 0 saturated heterocycles. The van der Waals surface area contributed by atoms with E-state index in [-0.39, 0.29) is 23.4 Å². The molecule has 0 bridgehead atoms. The molecule has 2 heterocycles. The van der Waals surface area contributed by atoms with Gasteiger partial charge in [-0.05, 0) is 26.8 Å². The van der Waals surface area contributed by atoms with E-state index in [4.69, 9.17) is 4.74 Å². The van der Waals surface area contributed by atoms with Gasteiger partial charge in [-0.3, -0.25) is 4.98 Å². The van der Waals surface area contributed by atoms with Crippen LogP contribution in [0, 0.1) is 5.82 Å². The summed E-state index contributed by atoms with van der Waals surface area (Å²) in [5.41, 5.74) is -0.374. The summed E-state index contributed by atoms with van der Waals surface area (Å²) in [7, 11) is 0. The van der Waals surface area contributed by atoms with Crippen molar-refractivity contribution in [2.45, 2.75) is 39.1 Å². The summed E-state index contributed by atoms with van der Waals surface area (Å²) in [6.07, 6.45) is -2.71. The summed E-state index contributed by atoms with van der Waals surface area (Å²) in [5.74, 6) is -2.07. The van der Waals surface area contributed by atoms with Gasteiger partial charge < -0.3 is 10.1 Å². The number of ether oxygens (including phenoxy) is 1. The van der Waals surface area contributed by atoms with Crippen molar-refractivity contribution in [2.24, 2.45) is 0 Å². The first kappa shape index (κ1) is 19.5. The monoisotopic (exact) mass is 372 g/mol. The number of carbonyl (C=O) groups excluding carboxylic acids is 1. The van der Waals surface area contributed by atoms with E-state index in [1.807, 2.05) is 0 Å². The van der Waals surface area contributed by atoms with Gasteiger partial charge in [0.2, 0.25) is 5.82 Å². The van der Waals surface area contributed by atoms with E-state index in [0.717, 1.165) is 18.6 Å². The Morgan fingerprint density at radius 3 is 2.27 bits per heavy atom. The molecule has 1 amide bonds. The molecule has 0 aliphatic heterocycles. The molecule has 2 rings (SSSR count). The van der Waals surface area contributed by atoms with E-state index in [9.17, 15) is 22.4 Å². The summed E-state index contributed by atoms with van der Waals surface area (Å²) in [6.45, 7) is 5.05. The van der Waals surface area contributed by atoms with Gasteiger partial charge in [0, 0.05) is 23.5 Å². The molecular weight excluding hydrogens is 356 g/mol. The normalized spacial score (nSPS) is 12.0. The van der Waals surface area contributed by atoms with Crippen LogP contribution in [-0.2, 0) is 17.5 Å². The minimum atomic E-state index is -4.68. The molecule has 140 valence electrons. The summed E-state index contributed by atoms with van der Waals surface area (Å²) >= 11 is 0. The zero-order valence-corrected chi connectivity index (χ0v) is 14.2. The van der Waals surface area contributed by atoms with Gasteiger partial charge >= 0.3 is 12.3 Å². The van der Waals surface area contributed by atoms with Gasteiger partial charge in [-0.2, -0.15) is 13.2 Å². The molecule has 0 saturated carbocycles. The van der Waals surface area contributed by atoms with Crippen molar-refractivity contribution < 1.29 is 27.1 Å². The fourth-order valence-corrected chi connectivity index (χ4v) is 1.89. The van der Waals surface area contributed by atoms with Crippen LogP contribution in [0.2, 0.25) is 0 Å². The van der Waals surface area contributed by atoms with Gasteiger partial charge in [0.15, 0.2) is 0 Å². The molecule has 0 atom stereocenters. The number of aromatic nitrogens is 3. The molecule has 26 heavy (non-hydrogen) atoms. The van der Waals surface area contributed by atoms with Crippen molar-refractivity contribution in [3.8, 4) is 11.1 Å². The zero-order chi connectivity index (χ0) is 19.5. The highest BCUT2D eigenvalue weighted by Crippen LogP contribution is 2.27. The lowest BCUT2D eigenvalue weighted by atomic mass is 10.1. The lowest BCUT2D eigenvalue weighted by molar-refractivity contribution is -0.144. The molecule has 2 aromatic rings. The van der Waals surface area contributed by atoms with E-state index in [0.29, 0.717) is 0 Å². The largest absolute Gasteiger partial charge is 0.451 e. The minimum absolute atomic E-state index is 0.0327. The number of hydrogen-bond acceptors (Lipinski definition) is 5. The second-order valence-electron chi connectivity index (χ2n) is 6.30. The third-order valence-electron chi connectivity index (χ3n) is 2.94. The highest BCUT2D eigenvalue weighted by atomic mass is 19.4. The molecule has 0 spiro atoms. The van der Waals surface area contributed by atoms with Gasteiger partial charge in [0.1, 0.15) is 11.4 Å². The quantitative estimate of drug-likeness (QED) is 0.831. The molecule has 6 nitrogen and oxygen atoms in total. The SMILES string of the molecule is CC(C)(C)OC(=O)NCc1cc(-c2cnc(C(F)(F)F)nc2)c(F)cn1. The standard InChI is InChI=1S/C16H16F4N4O2/c1-15(2,3)26-14(25)24-7-10-4-11(12(17)8-21-10)9-5-22-13(23-6-9)16(18,19)20/h4-6,8H,7H2,1-3H3,(H,24,25). The van der Waals surface area contributed by atoms with E-state index < -0.39 is 29.5 Å². The topological polar surface area (TPSA) is 77.0 Å². The Balaban J connectivity index is 2.16. The van der Waals surface area contributed by atoms with Crippen LogP contribution >= 0.6 is 0 Å². The Morgan fingerprint density at radius 2 is 1.73 bits per heavy atom. The molecule has 0 unspecified atom stereocenters. The summed E-state index contributed by atoms with van der Waals surface area (Å²) in [5, 5.41) is 2.46. The zero-order valence-electron chi connectivity index (χ0n) is 14.2. The first-order valence-corrected chi connectivity index (χ1v) is 7.46. The second kappa shape index (κ2) is 7.22. The Hall–Kier alpha value is -2.78. The number of alkyl halides is 3. The smallest absolute Gasteiger partial charge is 0.444 e. The molecule has 1 N–H and O–H groups in total. The van der Waals surface area contributed by atoms with E-state index >= 15 is 0 Å². The van der Waals surface area contributed by atoms with Gasteiger partial charge in [-0.25, -0.2) is 19.2 Å². The number of carbonyl (C=O) groups is 1. The molecular formula is C16H16F4N4O2. The predicted molar refractivity (Wildman–Crippen MR) is 83.3 cm³/mol. The van der Waals surface area contributed by atoms with E-state index in [1.165, 1.54) is 6.07 Å². The Kier molecular flexibility index (Phi) is 5.43. The molecule has 10 heteroatoms. The number of alkyl carbamates (subject to hydrolysis) is 1. The number of nitrogens with one attached hydrogen (secondary N) is 1. The van der Waals surface area contributed by atoms with Crippen LogP contribution in [0.5, 0.6) is 0 Å². The van der Waals surface area contributed by atoms with Gasteiger partial charge in [-0.15, -0.1) is 0 Å². The molecule has 0 aliphatic rings. The van der Waals surface area contributed by atoms with Crippen LogP contribution < -0.4 is 5.32 Å². The maximum Gasteiger partial charge on any atom is 0.451 e. The van der Waals surface area contributed by atoms with Crippen LogP contribution in [0.15, 0.2) is 24.7 Å². The number of pyridine rings is 1. The first-order chi connectivity index (χ1) is 12.0. The fraction of sp³-hybridized carbons (Fsp3) is 0.375. The fourth-order valence-electron chi connectivity index (χ4n) is 1.89. The average molecular weight is 372 g/mol. The third-order valence-corrected chi connectivity index (χ3v) is 2.94. The predicted octanol–water partition coefficient (Wildman–Crippen LogP) is 3.72. The molecule has 0 aliphatic carbocycles. The van der Waals surface area contributed by atoms with Crippen molar-refractivity contribution >= 4 is 6.09 Å². The Labute approximate surface area is 146 Å². The minimum Gasteiger partial charge on any atom is -0.444 e. The van der Waals surface area contributed by atoms with Crippen LogP contribution in [0.4, 0.5) is 22.4 Å². The summed E-state index contributed by atoms with van der Waals surface area (Å²) < 4.78 is 56.5. The molecule has 0 radical (unpaired) electrons. The lowest BCUT2D eigenvalue weighted by Gasteiger charge is -2.19. The van der Waals surface area contributed by atoms with Crippen molar-refractivity contribution in [2.75, 3.05) is 0 Å². The van der Waals surface area contributed by atoms with Crippen LogP contribution in [0.25, 0.3) is 11.1 Å². The molecule has 0 aromatic carbocycles. The average Bonchev–Trinajstić information content (AvgIpc) is 2.52. The van der Waals surface area contributed by atoms with Crippen LogP contribution in [0.3, 0.4) is 0 Å². The highest BCUT2D eigenvalue weighted by Gasteiger charge is 2.34. The second-order valence-corrected chi connectivity index (χ2v) is 6.30.